The van der Waals surface area contributed by atoms with Crippen LogP contribution >= 0.6 is 0 Å². The standard InChI is InChI=1S/C21H23FN6O/c1-13(29)27-8-7-18-17(12-27)21(24-26(18)3)28-9-6-16-19(28)5-4-15(20(16)22)14-10-23-25(2)11-14/h4-5,10-11H,6-9,12H2,1-3H3. The normalized spacial score (nSPS) is 15.6. The molecular weight excluding hydrogens is 371 g/mol. The highest BCUT2D eigenvalue weighted by Crippen LogP contribution is 2.41. The number of nitrogens with zero attached hydrogens (tertiary/aromatic N) is 6. The van der Waals surface area contributed by atoms with Crippen LogP contribution in [0.15, 0.2) is 24.5 Å². The topological polar surface area (TPSA) is 59.2 Å². The minimum Gasteiger partial charge on any atom is -0.338 e. The number of rotatable bonds is 2. The largest absolute Gasteiger partial charge is 0.338 e. The van der Waals surface area contributed by atoms with Gasteiger partial charge in [-0.15, -0.1) is 0 Å². The first kappa shape index (κ1) is 17.9. The molecule has 0 unspecified atom stereocenters. The van der Waals surface area contributed by atoms with E-state index in [1.165, 1.54) is 0 Å². The fourth-order valence-corrected chi connectivity index (χ4v) is 4.51. The molecule has 4 heterocycles. The van der Waals surface area contributed by atoms with Gasteiger partial charge in [0, 0.05) is 80.4 Å². The molecule has 8 heteroatoms. The average Bonchev–Trinajstić information content (AvgIpc) is 3.39. The van der Waals surface area contributed by atoms with Crippen molar-refractivity contribution in [1.82, 2.24) is 24.5 Å². The molecule has 1 aromatic carbocycles. The lowest BCUT2D eigenvalue weighted by molar-refractivity contribution is -0.129. The Labute approximate surface area is 168 Å². The molecule has 0 saturated heterocycles. The number of anilines is 2. The number of hydrogen-bond donors (Lipinski definition) is 0. The van der Waals surface area contributed by atoms with Crippen LogP contribution in [-0.2, 0) is 38.3 Å². The molecule has 1 amide bonds. The van der Waals surface area contributed by atoms with Crippen LogP contribution in [0.1, 0.15) is 23.7 Å². The van der Waals surface area contributed by atoms with Crippen molar-refractivity contribution in [1.29, 1.82) is 0 Å². The third kappa shape index (κ3) is 2.73. The van der Waals surface area contributed by atoms with E-state index in [-0.39, 0.29) is 11.7 Å². The smallest absolute Gasteiger partial charge is 0.219 e. The summed E-state index contributed by atoms with van der Waals surface area (Å²) in [4.78, 5) is 15.8. The van der Waals surface area contributed by atoms with Crippen LogP contribution in [0.4, 0.5) is 15.9 Å². The molecule has 2 aliphatic heterocycles. The average molecular weight is 394 g/mol. The quantitative estimate of drug-likeness (QED) is 0.670. The first-order chi connectivity index (χ1) is 13.9. The van der Waals surface area contributed by atoms with E-state index in [4.69, 9.17) is 5.10 Å². The van der Waals surface area contributed by atoms with E-state index in [0.29, 0.717) is 37.2 Å². The number of benzene rings is 1. The number of carbonyl (C=O) groups excluding carboxylic acids is 1. The number of aromatic nitrogens is 4. The number of fused-ring (bicyclic) bond motifs is 2. The third-order valence-corrected chi connectivity index (χ3v) is 6.03. The second-order valence-electron chi connectivity index (χ2n) is 7.79. The molecule has 0 N–H and O–H groups in total. The van der Waals surface area contributed by atoms with Crippen LogP contribution in [0.5, 0.6) is 0 Å². The van der Waals surface area contributed by atoms with Crippen molar-refractivity contribution in [3.63, 3.8) is 0 Å². The lowest BCUT2D eigenvalue weighted by atomic mass is 10.0. The first-order valence-electron chi connectivity index (χ1n) is 9.82. The van der Waals surface area contributed by atoms with Gasteiger partial charge in [0.2, 0.25) is 5.91 Å². The molecule has 2 aliphatic rings. The van der Waals surface area contributed by atoms with Gasteiger partial charge in [0.25, 0.3) is 0 Å². The summed E-state index contributed by atoms with van der Waals surface area (Å²) in [5.41, 5.74) is 5.14. The molecule has 2 aromatic heterocycles. The molecule has 3 aromatic rings. The molecule has 0 spiro atoms. The lowest BCUT2D eigenvalue weighted by Gasteiger charge is -2.28. The zero-order valence-electron chi connectivity index (χ0n) is 16.8. The Bertz CT molecular complexity index is 1130. The third-order valence-electron chi connectivity index (χ3n) is 6.03. The van der Waals surface area contributed by atoms with Gasteiger partial charge in [-0.25, -0.2) is 4.39 Å². The van der Waals surface area contributed by atoms with E-state index in [1.54, 1.807) is 17.8 Å². The molecule has 0 radical (unpaired) electrons. The SMILES string of the molecule is CC(=O)N1CCc2c(c(N3CCc4c3ccc(-c3cnn(C)c3)c4F)nn2C)C1. The number of aryl methyl sites for hydroxylation is 2. The summed E-state index contributed by atoms with van der Waals surface area (Å²) in [6.45, 7) is 3.53. The number of halogens is 1. The van der Waals surface area contributed by atoms with Crippen molar-refractivity contribution in [2.75, 3.05) is 18.0 Å². The van der Waals surface area contributed by atoms with Gasteiger partial charge in [0.05, 0.1) is 12.7 Å². The first-order valence-corrected chi connectivity index (χ1v) is 9.82. The minimum absolute atomic E-state index is 0.0689. The van der Waals surface area contributed by atoms with Gasteiger partial charge in [-0.1, -0.05) is 0 Å². The summed E-state index contributed by atoms with van der Waals surface area (Å²) >= 11 is 0. The van der Waals surface area contributed by atoms with Crippen molar-refractivity contribution in [2.45, 2.75) is 26.3 Å². The van der Waals surface area contributed by atoms with Gasteiger partial charge in [-0.2, -0.15) is 10.2 Å². The van der Waals surface area contributed by atoms with Crippen molar-refractivity contribution in [3.05, 3.63) is 47.2 Å². The number of hydrogen-bond acceptors (Lipinski definition) is 4. The second-order valence-corrected chi connectivity index (χ2v) is 7.79. The van der Waals surface area contributed by atoms with Crippen LogP contribution in [0.2, 0.25) is 0 Å². The highest BCUT2D eigenvalue weighted by molar-refractivity contribution is 5.77. The highest BCUT2D eigenvalue weighted by Gasteiger charge is 2.32. The van der Waals surface area contributed by atoms with Gasteiger partial charge in [0.1, 0.15) is 5.82 Å². The maximum atomic E-state index is 15.3. The molecule has 7 nitrogen and oxygen atoms in total. The lowest BCUT2D eigenvalue weighted by Crippen LogP contribution is -2.35. The Balaban J connectivity index is 1.55. The van der Waals surface area contributed by atoms with E-state index in [9.17, 15) is 4.79 Å². The summed E-state index contributed by atoms with van der Waals surface area (Å²) in [6, 6.07) is 3.79. The molecule has 150 valence electrons. The van der Waals surface area contributed by atoms with Crippen LogP contribution in [0.3, 0.4) is 0 Å². The Hall–Kier alpha value is -3.16. The maximum Gasteiger partial charge on any atom is 0.219 e. The second kappa shape index (κ2) is 6.43. The van der Waals surface area contributed by atoms with Gasteiger partial charge in [0.15, 0.2) is 5.82 Å². The van der Waals surface area contributed by atoms with Crippen LogP contribution in [0.25, 0.3) is 11.1 Å². The molecule has 0 fully saturated rings. The number of amides is 1. The summed E-state index contributed by atoms with van der Waals surface area (Å²) in [7, 11) is 3.76. The van der Waals surface area contributed by atoms with Crippen molar-refractivity contribution >= 4 is 17.4 Å². The molecule has 29 heavy (non-hydrogen) atoms. The molecule has 5 rings (SSSR count). The van der Waals surface area contributed by atoms with Gasteiger partial charge in [-0.05, 0) is 18.6 Å². The van der Waals surface area contributed by atoms with Crippen LogP contribution in [0, 0.1) is 5.82 Å². The van der Waals surface area contributed by atoms with Gasteiger partial charge < -0.3 is 9.80 Å². The van der Waals surface area contributed by atoms with Crippen LogP contribution in [-0.4, -0.2) is 43.5 Å². The fraction of sp³-hybridized carbons (Fsp3) is 0.381. The minimum atomic E-state index is -0.187. The Kier molecular flexibility index (Phi) is 3.97. The predicted octanol–water partition coefficient (Wildman–Crippen LogP) is 2.56. The summed E-state index contributed by atoms with van der Waals surface area (Å²) in [5.74, 6) is 0.716. The van der Waals surface area contributed by atoms with Crippen molar-refractivity contribution < 1.29 is 9.18 Å². The highest BCUT2D eigenvalue weighted by atomic mass is 19.1. The van der Waals surface area contributed by atoms with Gasteiger partial charge >= 0.3 is 0 Å². The zero-order chi connectivity index (χ0) is 20.3. The van der Waals surface area contributed by atoms with Gasteiger partial charge in [-0.3, -0.25) is 14.2 Å². The van der Waals surface area contributed by atoms with E-state index in [2.05, 4.69) is 10.00 Å². The van der Waals surface area contributed by atoms with E-state index < -0.39 is 0 Å². The molecule has 0 atom stereocenters. The summed E-state index contributed by atoms with van der Waals surface area (Å²) < 4.78 is 18.9. The molecular formula is C21H23FN6O. The van der Waals surface area contributed by atoms with Crippen LogP contribution < -0.4 is 4.90 Å². The van der Waals surface area contributed by atoms with Crippen molar-refractivity contribution in [2.24, 2.45) is 14.1 Å². The summed E-state index contributed by atoms with van der Waals surface area (Å²) in [5, 5.41) is 8.91. The predicted molar refractivity (Wildman–Crippen MR) is 107 cm³/mol. The van der Waals surface area contributed by atoms with E-state index in [0.717, 1.165) is 34.7 Å². The Morgan fingerprint density at radius 1 is 1.14 bits per heavy atom. The molecule has 0 bridgehead atoms. The Morgan fingerprint density at radius 3 is 2.69 bits per heavy atom. The van der Waals surface area contributed by atoms with E-state index >= 15 is 4.39 Å². The molecule has 0 saturated carbocycles. The fourth-order valence-electron chi connectivity index (χ4n) is 4.51. The molecule has 0 aliphatic carbocycles. The summed E-state index contributed by atoms with van der Waals surface area (Å²) in [6.07, 6.45) is 4.91. The Morgan fingerprint density at radius 2 is 1.97 bits per heavy atom. The number of carbonyl (C=O) groups is 1. The van der Waals surface area contributed by atoms with E-state index in [1.807, 2.05) is 42.0 Å². The van der Waals surface area contributed by atoms with Crippen molar-refractivity contribution in [3.8, 4) is 11.1 Å². The monoisotopic (exact) mass is 394 g/mol. The maximum absolute atomic E-state index is 15.3. The zero-order valence-corrected chi connectivity index (χ0v) is 16.8.